The van der Waals surface area contributed by atoms with Gasteiger partial charge in [0.2, 0.25) is 5.82 Å². The molecule has 2 amide bonds. The first kappa shape index (κ1) is 19.2. The minimum Gasteiger partial charge on any atom is -0.381 e. The standard InChI is InChI=1S/C21H23N5O2/c1-14-6-4-5-7-17(14)23-12-15-8-10-16(11-9-15)20(27)25-18-13-26(3)19(24-18)21(28)22-2/h4-11,13,23H,12H2,1-3H3,(H,22,28)(H,25,27). The first-order chi connectivity index (χ1) is 13.5. The predicted molar refractivity (Wildman–Crippen MR) is 109 cm³/mol. The minimum absolute atomic E-state index is 0.232. The summed E-state index contributed by atoms with van der Waals surface area (Å²) in [7, 11) is 3.23. The SMILES string of the molecule is CNC(=O)c1nc(NC(=O)c2ccc(CNc3ccccc3C)cc2)cn1C. The predicted octanol–water partition coefficient (Wildman–Crippen LogP) is 2.95. The van der Waals surface area contributed by atoms with E-state index in [1.165, 1.54) is 12.6 Å². The van der Waals surface area contributed by atoms with Crippen molar-refractivity contribution in [1.82, 2.24) is 14.9 Å². The number of rotatable bonds is 6. The van der Waals surface area contributed by atoms with Crippen LogP contribution in [0, 0.1) is 6.92 Å². The van der Waals surface area contributed by atoms with Crippen LogP contribution in [0.3, 0.4) is 0 Å². The molecule has 0 fully saturated rings. The highest BCUT2D eigenvalue weighted by atomic mass is 16.2. The van der Waals surface area contributed by atoms with Gasteiger partial charge in [0.15, 0.2) is 5.82 Å². The maximum Gasteiger partial charge on any atom is 0.287 e. The normalized spacial score (nSPS) is 10.4. The molecule has 0 radical (unpaired) electrons. The molecule has 144 valence electrons. The summed E-state index contributed by atoms with van der Waals surface area (Å²) in [5.41, 5.74) is 3.86. The van der Waals surface area contributed by atoms with Crippen LogP contribution in [0.2, 0.25) is 0 Å². The van der Waals surface area contributed by atoms with Crippen LogP contribution in [-0.4, -0.2) is 28.4 Å². The number of nitrogens with one attached hydrogen (secondary N) is 3. The number of nitrogens with zero attached hydrogens (tertiary/aromatic N) is 2. The van der Waals surface area contributed by atoms with Gasteiger partial charge in [0, 0.05) is 38.1 Å². The summed E-state index contributed by atoms with van der Waals surface area (Å²) < 4.78 is 1.56. The van der Waals surface area contributed by atoms with E-state index in [0.29, 0.717) is 17.9 Å². The molecule has 0 unspecified atom stereocenters. The second-order valence-corrected chi connectivity index (χ2v) is 6.46. The van der Waals surface area contributed by atoms with Gasteiger partial charge in [0.1, 0.15) is 0 Å². The van der Waals surface area contributed by atoms with E-state index in [1.54, 1.807) is 29.9 Å². The van der Waals surface area contributed by atoms with Gasteiger partial charge in [-0.2, -0.15) is 0 Å². The van der Waals surface area contributed by atoms with E-state index in [4.69, 9.17) is 0 Å². The third-order valence-electron chi connectivity index (χ3n) is 4.39. The van der Waals surface area contributed by atoms with Crippen molar-refractivity contribution < 1.29 is 9.59 Å². The van der Waals surface area contributed by atoms with Crippen molar-refractivity contribution >= 4 is 23.3 Å². The van der Waals surface area contributed by atoms with Gasteiger partial charge in [-0.05, 0) is 36.2 Å². The summed E-state index contributed by atoms with van der Waals surface area (Å²) in [5, 5.41) is 8.62. The molecule has 3 rings (SSSR count). The summed E-state index contributed by atoms with van der Waals surface area (Å²) >= 11 is 0. The molecule has 0 atom stereocenters. The molecule has 0 aliphatic rings. The highest BCUT2D eigenvalue weighted by molar-refractivity contribution is 6.04. The molecule has 2 aromatic carbocycles. The monoisotopic (exact) mass is 377 g/mol. The Balaban J connectivity index is 1.62. The Labute approximate surface area is 163 Å². The van der Waals surface area contributed by atoms with E-state index < -0.39 is 0 Å². The van der Waals surface area contributed by atoms with Crippen LogP contribution in [0.1, 0.15) is 32.1 Å². The molecule has 0 spiro atoms. The average molecular weight is 377 g/mol. The molecular formula is C21H23N5O2. The number of anilines is 2. The Kier molecular flexibility index (Phi) is 5.74. The smallest absolute Gasteiger partial charge is 0.287 e. The summed E-state index contributed by atoms with van der Waals surface area (Å²) in [4.78, 5) is 28.3. The van der Waals surface area contributed by atoms with Crippen LogP contribution < -0.4 is 16.0 Å². The quantitative estimate of drug-likeness (QED) is 0.616. The van der Waals surface area contributed by atoms with Crippen molar-refractivity contribution in [2.24, 2.45) is 7.05 Å². The van der Waals surface area contributed by atoms with Crippen molar-refractivity contribution in [2.75, 3.05) is 17.7 Å². The second-order valence-electron chi connectivity index (χ2n) is 6.46. The third-order valence-corrected chi connectivity index (χ3v) is 4.39. The summed E-state index contributed by atoms with van der Waals surface area (Å²) in [6.45, 7) is 2.73. The summed E-state index contributed by atoms with van der Waals surface area (Å²) in [5.74, 6) is -0.0275. The summed E-state index contributed by atoms with van der Waals surface area (Å²) in [6, 6.07) is 15.5. The first-order valence-electron chi connectivity index (χ1n) is 8.93. The third kappa shape index (κ3) is 4.37. The van der Waals surface area contributed by atoms with Gasteiger partial charge in [-0.15, -0.1) is 0 Å². The van der Waals surface area contributed by atoms with Crippen LogP contribution in [0.15, 0.2) is 54.7 Å². The van der Waals surface area contributed by atoms with Gasteiger partial charge in [0.25, 0.3) is 11.8 Å². The Morgan fingerprint density at radius 3 is 2.43 bits per heavy atom. The van der Waals surface area contributed by atoms with Gasteiger partial charge in [-0.3, -0.25) is 9.59 Å². The van der Waals surface area contributed by atoms with Gasteiger partial charge in [-0.25, -0.2) is 4.98 Å². The number of aryl methyl sites for hydroxylation is 2. The number of amides is 2. The Hall–Kier alpha value is -3.61. The molecule has 1 heterocycles. The molecular weight excluding hydrogens is 354 g/mol. The molecule has 0 saturated carbocycles. The first-order valence-corrected chi connectivity index (χ1v) is 8.93. The van der Waals surface area contributed by atoms with Crippen molar-refractivity contribution in [1.29, 1.82) is 0 Å². The number of imidazole rings is 1. The minimum atomic E-state index is -0.312. The second kappa shape index (κ2) is 8.39. The lowest BCUT2D eigenvalue weighted by Gasteiger charge is -2.10. The number of aromatic nitrogens is 2. The zero-order valence-corrected chi connectivity index (χ0v) is 16.1. The number of carbonyl (C=O) groups excluding carboxylic acids is 2. The highest BCUT2D eigenvalue weighted by Gasteiger charge is 2.14. The zero-order chi connectivity index (χ0) is 20.1. The molecule has 0 saturated heterocycles. The van der Waals surface area contributed by atoms with E-state index in [-0.39, 0.29) is 17.6 Å². The fourth-order valence-corrected chi connectivity index (χ4v) is 2.78. The van der Waals surface area contributed by atoms with Crippen LogP contribution in [0.5, 0.6) is 0 Å². The van der Waals surface area contributed by atoms with Gasteiger partial charge in [0.05, 0.1) is 0 Å². The van der Waals surface area contributed by atoms with E-state index in [9.17, 15) is 9.59 Å². The Morgan fingerprint density at radius 2 is 1.75 bits per heavy atom. The maximum atomic E-state index is 12.4. The van der Waals surface area contributed by atoms with Crippen LogP contribution in [-0.2, 0) is 13.6 Å². The molecule has 3 N–H and O–H groups in total. The van der Waals surface area contributed by atoms with Crippen molar-refractivity contribution in [3.05, 3.63) is 77.2 Å². The van der Waals surface area contributed by atoms with Crippen molar-refractivity contribution in [3.63, 3.8) is 0 Å². The number of hydrogen-bond acceptors (Lipinski definition) is 4. The van der Waals surface area contributed by atoms with Gasteiger partial charge >= 0.3 is 0 Å². The Bertz CT molecular complexity index is 992. The lowest BCUT2D eigenvalue weighted by atomic mass is 10.1. The molecule has 7 nitrogen and oxygen atoms in total. The molecule has 3 aromatic rings. The number of benzene rings is 2. The molecule has 0 aliphatic heterocycles. The molecule has 0 aliphatic carbocycles. The fourth-order valence-electron chi connectivity index (χ4n) is 2.78. The molecule has 28 heavy (non-hydrogen) atoms. The number of hydrogen-bond donors (Lipinski definition) is 3. The molecule has 7 heteroatoms. The number of para-hydroxylation sites is 1. The summed E-state index contributed by atoms with van der Waals surface area (Å²) in [6.07, 6.45) is 1.60. The topological polar surface area (TPSA) is 88.1 Å². The van der Waals surface area contributed by atoms with Gasteiger partial charge in [-0.1, -0.05) is 30.3 Å². The molecule has 0 bridgehead atoms. The van der Waals surface area contributed by atoms with Crippen LogP contribution >= 0.6 is 0 Å². The average Bonchev–Trinajstić information content (AvgIpc) is 3.07. The molecule has 1 aromatic heterocycles. The number of carbonyl (C=O) groups is 2. The lowest BCUT2D eigenvalue weighted by molar-refractivity contribution is 0.0948. The Morgan fingerprint density at radius 1 is 1.04 bits per heavy atom. The van der Waals surface area contributed by atoms with Crippen molar-refractivity contribution in [3.8, 4) is 0 Å². The van der Waals surface area contributed by atoms with Gasteiger partial charge < -0.3 is 20.5 Å². The largest absolute Gasteiger partial charge is 0.381 e. The van der Waals surface area contributed by atoms with E-state index in [0.717, 1.165) is 11.3 Å². The lowest BCUT2D eigenvalue weighted by Crippen LogP contribution is -2.21. The van der Waals surface area contributed by atoms with Crippen LogP contribution in [0.25, 0.3) is 0 Å². The van der Waals surface area contributed by atoms with E-state index in [1.807, 2.05) is 30.3 Å². The van der Waals surface area contributed by atoms with E-state index in [2.05, 4.69) is 33.9 Å². The van der Waals surface area contributed by atoms with Crippen molar-refractivity contribution in [2.45, 2.75) is 13.5 Å². The fraction of sp³-hybridized carbons (Fsp3) is 0.190. The maximum absolute atomic E-state index is 12.4. The van der Waals surface area contributed by atoms with Crippen LogP contribution in [0.4, 0.5) is 11.5 Å². The highest BCUT2D eigenvalue weighted by Crippen LogP contribution is 2.15. The van der Waals surface area contributed by atoms with E-state index >= 15 is 0 Å². The zero-order valence-electron chi connectivity index (χ0n) is 16.1.